The van der Waals surface area contributed by atoms with Gasteiger partial charge in [0.1, 0.15) is 10.7 Å². The number of halogens is 1. The Kier molecular flexibility index (Phi) is 6.45. The first-order valence-electron chi connectivity index (χ1n) is 10.6. The molecular weight excluding hydrogens is 387 g/mol. The quantitative estimate of drug-likeness (QED) is 0.803. The summed E-state index contributed by atoms with van der Waals surface area (Å²) in [4.78, 5) is 22.5. The lowest BCUT2D eigenvalue weighted by Crippen LogP contribution is -2.48. The van der Waals surface area contributed by atoms with Gasteiger partial charge in [-0.2, -0.15) is 0 Å². The molecular formula is C22H29FN4OS. The summed E-state index contributed by atoms with van der Waals surface area (Å²) in [5.41, 5.74) is 0.874. The molecule has 2 saturated heterocycles. The van der Waals surface area contributed by atoms with Gasteiger partial charge in [0.05, 0.1) is 6.20 Å². The van der Waals surface area contributed by atoms with E-state index >= 15 is 0 Å². The predicted molar refractivity (Wildman–Crippen MR) is 115 cm³/mol. The SMILES string of the molecule is C[C@@H]1CCCN(C2CCN(c3ncc(C(=O)NCc4ccc(F)cc4)s3)CC2)C1. The van der Waals surface area contributed by atoms with Crippen LogP contribution in [-0.4, -0.2) is 48.0 Å². The van der Waals surface area contributed by atoms with Gasteiger partial charge in [-0.15, -0.1) is 0 Å². The molecule has 1 amide bonds. The molecule has 0 bridgehead atoms. The number of hydrogen-bond acceptors (Lipinski definition) is 5. The lowest BCUT2D eigenvalue weighted by atomic mass is 9.95. The number of carbonyl (C=O) groups is 1. The molecule has 0 spiro atoms. The highest BCUT2D eigenvalue weighted by Gasteiger charge is 2.28. The molecule has 0 unspecified atom stereocenters. The molecule has 1 aromatic carbocycles. The van der Waals surface area contributed by atoms with Crippen LogP contribution in [0.3, 0.4) is 0 Å². The Labute approximate surface area is 175 Å². The van der Waals surface area contributed by atoms with Crippen LogP contribution in [0.25, 0.3) is 0 Å². The number of likely N-dealkylation sites (tertiary alicyclic amines) is 1. The van der Waals surface area contributed by atoms with Crippen LogP contribution in [0.15, 0.2) is 30.5 Å². The minimum atomic E-state index is -0.272. The molecule has 0 radical (unpaired) electrons. The van der Waals surface area contributed by atoms with Crippen LogP contribution in [0.2, 0.25) is 0 Å². The number of thiazole rings is 1. The molecule has 156 valence electrons. The van der Waals surface area contributed by atoms with E-state index in [1.165, 1.54) is 62.2 Å². The van der Waals surface area contributed by atoms with Crippen LogP contribution >= 0.6 is 11.3 Å². The van der Waals surface area contributed by atoms with Crippen LogP contribution in [0.5, 0.6) is 0 Å². The minimum absolute atomic E-state index is 0.129. The van der Waals surface area contributed by atoms with Gasteiger partial charge in [-0.1, -0.05) is 30.4 Å². The Morgan fingerprint density at radius 2 is 1.97 bits per heavy atom. The first kappa shape index (κ1) is 20.3. The molecule has 5 nitrogen and oxygen atoms in total. The molecule has 2 aliphatic heterocycles. The molecule has 2 fully saturated rings. The van der Waals surface area contributed by atoms with E-state index in [1.807, 2.05) is 0 Å². The molecule has 7 heteroatoms. The van der Waals surface area contributed by atoms with Crippen molar-refractivity contribution in [3.05, 3.63) is 46.7 Å². The fraction of sp³-hybridized carbons (Fsp3) is 0.545. The lowest BCUT2D eigenvalue weighted by Gasteiger charge is -2.41. The highest BCUT2D eigenvalue weighted by molar-refractivity contribution is 7.17. The van der Waals surface area contributed by atoms with Crippen molar-refractivity contribution < 1.29 is 9.18 Å². The second-order valence-electron chi connectivity index (χ2n) is 8.28. The first-order chi connectivity index (χ1) is 14.1. The van der Waals surface area contributed by atoms with Crippen LogP contribution in [0.1, 0.15) is 47.8 Å². The van der Waals surface area contributed by atoms with E-state index in [1.54, 1.807) is 18.3 Å². The summed E-state index contributed by atoms with van der Waals surface area (Å²) in [7, 11) is 0. The number of hydrogen-bond donors (Lipinski definition) is 1. The molecule has 0 aliphatic carbocycles. The van der Waals surface area contributed by atoms with E-state index in [9.17, 15) is 9.18 Å². The number of rotatable bonds is 5. The van der Waals surface area contributed by atoms with Gasteiger partial charge in [0.2, 0.25) is 0 Å². The number of benzene rings is 1. The van der Waals surface area contributed by atoms with Gasteiger partial charge >= 0.3 is 0 Å². The largest absolute Gasteiger partial charge is 0.348 e. The van der Waals surface area contributed by atoms with Crippen molar-refractivity contribution in [1.82, 2.24) is 15.2 Å². The number of nitrogens with zero attached hydrogens (tertiary/aromatic N) is 3. The summed E-state index contributed by atoms with van der Waals surface area (Å²) in [6.45, 7) is 7.22. The predicted octanol–water partition coefficient (Wildman–Crippen LogP) is 3.91. The Morgan fingerprint density at radius 3 is 2.69 bits per heavy atom. The summed E-state index contributed by atoms with van der Waals surface area (Å²) < 4.78 is 13.0. The van der Waals surface area contributed by atoms with Gasteiger partial charge in [-0.05, 0) is 55.8 Å². The van der Waals surface area contributed by atoms with Gasteiger partial charge in [0.25, 0.3) is 5.91 Å². The average molecular weight is 417 g/mol. The fourth-order valence-electron chi connectivity index (χ4n) is 4.37. The van der Waals surface area contributed by atoms with E-state index in [2.05, 4.69) is 27.0 Å². The van der Waals surface area contributed by atoms with E-state index < -0.39 is 0 Å². The second-order valence-corrected chi connectivity index (χ2v) is 9.29. The molecule has 1 aromatic heterocycles. The molecule has 1 atom stereocenters. The van der Waals surface area contributed by atoms with Gasteiger partial charge in [-0.3, -0.25) is 9.69 Å². The number of nitrogens with one attached hydrogen (secondary N) is 1. The number of piperidine rings is 2. The van der Waals surface area contributed by atoms with E-state index in [4.69, 9.17) is 0 Å². The monoisotopic (exact) mass is 416 g/mol. The maximum Gasteiger partial charge on any atom is 0.263 e. The van der Waals surface area contributed by atoms with E-state index in [0.717, 1.165) is 29.7 Å². The molecule has 2 aromatic rings. The van der Waals surface area contributed by atoms with E-state index in [0.29, 0.717) is 17.5 Å². The van der Waals surface area contributed by atoms with Crippen LogP contribution < -0.4 is 10.2 Å². The van der Waals surface area contributed by atoms with Crippen molar-refractivity contribution in [2.45, 2.75) is 45.2 Å². The standard InChI is InChI=1S/C22H29FN4OS/c1-16-3-2-10-27(15-16)19-8-11-26(12-9-19)22-25-14-20(29-22)21(28)24-13-17-4-6-18(23)7-5-17/h4-7,14,16,19H,2-3,8-13,15H2,1H3,(H,24,28)/t16-/m1/s1. The van der Waals surface area contributed by atoms with Crippen LogP contribution in [0.4, 0.5) is 9.52 Å². The Hall–Kier alpha value is -1.99. The van der Waals surface area contributed by atoms with Gasteiger partial charge in [0.15, 0.2) is 5.13 Å². The number of anilines is 1. The van der Waals surface area contributed by atoms with Crippen molar-refractivity contribution in [2.24, 2.45) is 5.92 Å². The van der Waals surface area contributed by atoms with Gasteiger partial charge in [-0.25, -0.2) is 9.37 Å². The van der Waals surface area contributed by atoms with Crippen molar-refractivity contribution in [1.29, 1.82) is 0 Å². The molecule has 2 aliphatic rings. The zero-order chi connectivity index (χ0) is 20.2. The highest BCUT2D eigenvalue weighted by Crippen LogP contribution is 2.28. The minimum Gasteiger partial charge on any atom is -0.348 e. The maximum atomic E-state index is 13.0. The second kappa shape index (κ2) is 9.22. The Balaban J connectivity index is 1.27. The maximum absolute atomic E-state index is 13.0. The third-order valence-electron chi connectivity index (χ3n) is 6.02. The van der Waals surface area contributed by atoms with Crippen LogP contribution in [-0.2, 0) is 6.54 Å². The fourth-order valence-corrected chi connectivity index (χ4v) is 5.25. The van der Waals surface area contributed by atoms with Crippen LogP contribution in [0, 0.1) is 11.7 Å². The molecule has 4 rings (SSSR count). The number of amides is 1. The smallest absolute Gasteiger partial charge is 0.263 e. The topological polar surface area (TPSA) is 48.5 Å². The lowest BCUT2D eigenvalue weighted by molar-refractivity contribution is 0.0954. The highest BCUT2D eigenvalue weighted by atomic mass is 32.1. The number of aromatic nitrogens is 1. The normalized spacial score (nSPS) is 21.3. The van der Waals surface area contributed by atoms with Crippen molar-refractivity contribution in [2.75, 3.05) is 31.1 Å². The molecule has 3 heterocycles. The third-order valence-corrected chi connectivity index (χ3v) is 7.08. The molecule has 0 saturated carbocycles. The average Bonchev–Trinajstić information content (AvgIpc) is 3.24. The summed E-state index contributed by atoms with van der Waals surface area (Å²) in [5.74, 6) is 0.415. The summed E-state index contributed by atoms with van der Waals surface area (Å²) >= 11 is 1.45. The summed E-state index contributed by atoms with van der Waals surface area (Å²) in [5, 5.41) is 3.82. The van der Waals surface area contributed by atoms with Crippen molar-refractivity contribution in [3.8, 4) is 0 Å². The summed E-state index contributed by atoms with van der Waals surface area (Å²) in [6, 6.07) is 6.86. The molecule has 29 heavy (non-hydrogen) atoms. The molecule has 1 N–H and O–H groups in total. The van der Waals surface area contributed by atoms with E-state index in [-0.39, 0.29) is 11.7 Å². The van der Waals surface area contributed by atoms with Gasteiger partial charge < -0.3 is 10.2 Å². The van der Waals surface area contributed by atoms with Crippen molar-refractivity contribution >= 4 is 22.4 Å². The third kappa shape index (κ3) is 5.14. The van der Waals surface area contributed by atoms with Crippen molar-refractivity contribution in [3.63, 3.8) is 0 Å². The zero-order valence-corrected chi connectivity index (χ0v) is 17.8. The summed E-state index contributed by atoms with van der Waals surface area (Å²) in [6.07, 6.45) is 6.68. The Morgan fingerprint density at radius 1 is 1.21 bits per heavy atom. The zero-order valence-electron chi connectivity index (χ0n) is 16.9. The Bertz CT molecular complexity index is 816. The number of carbonyl (C=O) groups excluding carboxylic acids is 1. The first-order valence-corrected chi connectivity index (χ1v) is 11.4. The van der Waals surface area contributed by atoms with Gasteiger partial charge in [0, 0.05) is 32.2 Å².